The Hall–Kier alpha value is -0.0800. The van der Waals surface area contributed by atoms with Gasteiger partial charge in [0.15, 0.2) is 0 Å². The third kappa shape index (κ3) is 3.97. The summed E-state index contributed by atoms with van der Waals surface area (Å²) >= 11 is 0. The summed E-state index contributed by atoms with van der Waals surface area (Å²) in [6, 6.07) is 0. The van der Waals surface area contributed by atoms with E-state index in [1.54, 1.807) is 0 Å². The van der Waals surface area contributed by atoms with Crippen molar-refractivity contribution < 1.29 is 5.11 Å². The highest BCUT2D eigenvalue weighted by Gasteiger charge is 2.18. The van der Waals surface area contributed by atoms with E-state index in [4.69, 9.17) is 5.11 Å². The summed E-state index contributed by atoms with van der Waals surface area (Å²) < 4.78 is 0. The molecule has 2 nitrogen and oxygen atoms in total. The highest BCUT2D eigenvalue weighted by Crippen LogP contribution is 2.24. The van der Waals surface area contributed by atoms with Crippen LogP contribution in [0.5, 0.6) is 0 Å². The normalized spacial score (nSPS) is 25.3. The third-order valence-electron chi connectivity index (χ3n) is 3.44. The quantitative estimate of drug-likeness (QED) is 0.749. The fraction of sp³-hybridized carbons (Fsp3) is 1.00. The SMILES string of the molecule is CC(C)C1CCCN(CCCO)CC1. The number of hydrogen-bond donors (Lipinski definition) is 1. The zero-order chi connectivity index (χ0) is 10.4. The molecule has 1 unspecified atom stereocenters. The Morgan fingerprint density at radius 2 is 2.07 bits per heavy atom. The summed E-state index contributed by atoms with van der Waals surface area (Å²) in [5, 5.41) is 8.78. The first-order valence-electron chi connectivity index (χ1n) is 6.07. The van der Waals surface area contributed by atoms with Crippen LogP contribution in [0.3, 0.4) is 0 Å². The number of likely N-dealkylation sites (tertiary alicyclic amines) is 1. The van der Waals surface area contributed by atoms with Gasteiger partial charge in [0.2, 0.25) is 0 Å². The van der Waals surface area contributed by atoms with Gasteiger partial charge >= 0.3 is 0 Å². The molecule has 1 fully saturated rings. The molecular formula is C12H25NO. The van der Waals surface area contributed by atoms with Crippen LogP contribution >= 0.6 is 0 Å². The maximum Gasteiger partial charge on any atom is 0.0443 e. The van der Waals surface area contributed by atoms with Gasteiger partial charge in [-0.05, 0) is 50.6 Å². The summed E-state index contributed by atoms with van der Waals surface area (Å²) in [5.74, 6) is 1.77. The van der Waals surface area contributed by atoms with Crippen molar-refractivity contribution in [2.75, 3.05) is 26.2 Å². The lowest BCUT2D eigenvalue weighted by molar-refractivity contribution is 0.224. The Morgan fingerprint density at radius 1 is 1.29 bits per heavy atom. The molecule has 2 heteroatoms. The molecule has 0 bridgehead atoms. The van der Waals surface area contributed by atoms with Gasteiger partial charge < -0.3 is 10.0 Å². The molecule has 84 valence electrons. The van der Waals surface area contributed by atoms with Crippen molar-refractivity contribution >= 4 is 0 Å². The van der Waals surface area contributed by atoms with E-state index < -0.39 is 0 Å². The summed E-state index contributed by atoms with van der Waals surface area (Å²) in [7, 11) is 0. The standard InChI is InChI=1S/C12H25NO/c1-11(2)12-5-3-7-13(9-6-12)8-4-10-14/h11-12,14H,3-10H2,1-2H3. The second kappa shape index (κ2) is 6.41. The second-order valence-corrected chi connectivity index (χ2v) is 4.85. The molecule has 0 aromatic heterocycles. The molecule has 0 aromatic carbocycles. The maximum absolute atomic E-state index is 8.78. The zero-order valence-corrected chi connectivity index (χ0v) is 9.71. The lowest BCUT2D eigenvalue weighted by Crippen LogP contribution is -2.26. The van der Waals surface area contributed by atoms with Crippen LogP contribution in [-0.2, 0) is 0 Å². The van der Waals surface area contributed by atoms with Crippen molar-refractivity contribution in [3.63, 3.8) is 0 Å². The van der Waals surface area contributed by atoms with Crippen LogP contribution in [0.25, 0.3) is 0 Å². The van der Waals surface area contributed by atoms with Crippen molar-refractivity contribution in [3.05, 3.63) is 0 Å². The Balaban J connectivity index is 2.26. The number of hydrogen-bond acceptors (Lipinski definition) is 2. The van der Waals surface area contributed by atoms with Crippen molar-refractivity contribution in [2.45, 2.75) is 39.5 Å². The van der Waals surface area contributed by atoms with E-state index in [1.165, 1.54) is 32.4 Å². The molecule has 0 aliphatic carbocycles. The molecule has 1 atom stereocenters. The van der Waals surface area contributed by atoms with Gasteiger partial charge in [0, 0.05) is 13.2 Å². The molecule has 1 heterocycles. The predicted molar refractivity (Wildman–Crippen MR) is 60.3 cm³/mol. The average molecular weight is 199 g/mol. The summed E-state index contributed by atoms with van der Waals surface area (Å²) in [4.78, 5) is 2.51. The van der Waals surface area contributed by atoms with Gasteiger partial charge in [0.05, 0.1) is 0 Å². The largest absolute Gasteiger partial charge is 0.396 e. The van der Waals surface area contributed by atoms with Crippen LogP contribution in [0, 0.1) is 11.8 Å². The first-order chi connectivity index (χ1) is 6.74. The monoisotopic (exact) mass is 199 g/mol. The molecule has 0 aromatic rings. The molecule has 0 radical (unpaired) electrons. The summed E-state index contributed by atoms with van der Waals surface area (Å²) in [5.41, 5.74) is 0. The van der Waals surface area contributed by atoms with Crippen LogP contribution in [-0.4, -0.2) is 36.2 Å². The van der Waals surface area contributed by atoms with Gasteiger partial charge in [-0.2, -0.15) is 0 Å². The highest BCUT2D eigenvalue weighted by atomic mass is 16.3. The topological polar surface area (TPSA) is 23.5 Å². The minimum atomic E-state index is 0.337. The Labute approximate surface area is 88.3 Å². The zero-order valence-electron chi connectivity index (χ0n) is 9.71. The maximum atomic E-state index is 8.78. The smallest absolute Gasteiger partial charge is 0.0443 e. The van der Waals surface area contributed by atoms with Crippen LogP contribution in [0.1, 0.15) is 39.5 Å². The van der Waals surface area contributed by atoms with Gasteiger partial charge in [0.25, 0.3) is 0 Å². The minimum Gasteiger partial charge on any atom is -0.396 e. The number of aliphatic hydroxyl groups excluding tert-OH is 1. The molecular weight excluding hydrogens is 174 g/mol. The molecule has 1 aliphatic heterocycles. The van der Waals surface area contributed by atoms with E-state index >= 15 is 0 Å². The van der Waals surface area contributed by atoms with Gasteiger partial charge in [-0.15, -0.1) is 0 Å². The van der Waals surface area contributed by atoms with Crippen LogP contribution in [0.4, 0.5) is 0 Å². The number of rotatable bonds is 4. The third-order valence-corrected chi connectivity index (χ3v) is 3.44. The van der Waals surface area contributed by atoms with Crippen LogP contribution < -0.4 is 0 Å². The van der Waals surface area contributed by atoms with E-state index in [1.807, 2.05) is 0 Å². The van der Waals surface area contributed by atoms with Crippen molar-refractivity contribution in [3.8, 4) is 0 Å². The Morgan fingerprint density at radius 3 is 2.71 bits per heavy atom. The Kier molecular flexibility index (Phi) is 5.49. The van der Waals surface area contributed by atoms with Crippen molar-refractivity contribution in [1.29, 1.82) is 0 Å². The van der Waals surface area contributed by atoms with E-state index in [9.17, 15) is 0 Å². The summed E-state index contributed by atoms with van der Waals surface area (Å²) in [6.45, 7) is 8.58. The molecule has 0 amide bonds. The molecule has 1 saturated heterocycles. The van der Waals surface area contributed by atoms with Crippen LogP contribution in [0.15, 0.2) is 0 Å². The molecule has 1 N–H and O–H groups in total. The molecule has 1 aliphatic rings. The van der Waals surface area contributed by atoms with Gasteiger partial charge in [-0.25, -0.2) is 0 Å². The molecule has 1 rings (SSSR count). The predicted octanol–water partition coefficient (Wildman–Crippen LogP) is 2.13. The fourth-order valence-electron chi connectivity index (χ4n) is 2.37. The molecule has 0 spiro atoms. The van der Waals surface area contributed by atoms with E-state index in [-0.39, 0.29) is 0 Å². The highest BCUT2D eigenvalue weighted by molar-refractivity contribution is 4.71. The Bertz CT molecular complexity index is 147. The first kappa shape index (κ1) is 12.0. The van der Waals surface area contributed by atoms with Crippen molar-refractivity contribution in [1.82, 2.24) is 4.90 Å². The number of nitrogens with zero attached hydrogens (tertiary/aromatic N) is 1. The second-order valence-electron chi connectivity index (χ2n) is 4.85. The lowest BCUT2D eigenvalue weighted by atomic mass is 9.89. The summed E-state index contributed by atoms with van der Waals surface area (Å²) in [6.07, 6.45) is 5.02. The van der Waals surface area contributed by atoms with E-state index in [0.717, 1.165) is 24.8 Å². The minimum absolute atomic E-state index is 0.337. The fourth-order valence-corrected chi connectivity index (χ4v) is 2.37. The number of aliphatic hydroxyl groups is 1. The van der Waals surface area contributed by atoms with Crippen LogP contribution in [0.2, 0.25) is 0 Å². The van der Waals surface area contributed by atoms with Gasteiger partial charge in [-0.1, -0.05) is 13.8 Å². The van der Waals surface area contributed by atoms with E-state index in [2.05, 4.69) is 18.7 Å². The lowest BCUT2D eigenvalue weighted by Gasteiger charge is -2.20. The van der Waals surface area contributed by atoms with Crippen molar-refractivity contribution in [2.24, 2.45) is 11.8 Å². The average Bonchev–Trinajstić information content (AvgIpc) is 2.39. The van der Waals surface area contributed by atoms with E-state index in [0.29, 0.717) is 6.61 Å². The van der Waals surface area contributed by atoms with Gasteiger partial charge in [-0.3, -0.25) is 0 Å². The van der Waals surface area contributed by atoms with Gasteiger partial charge in [0.1, 0.15) is 0 Å². The molecule has 0 saturated carbocycles. The molecule has 14 heavy (non-hydrogen) atoms. The first-order valence-corrected chi connectivity index (χ1v) is 6.07.